The Morgan fingerprint density at radius 2 is 1.83 bits per heavy atom. The van der Waals surface area contributed by atoms with E-state index in [1.54, 1.807) is 30.3 Å². The number of nitrogens with two attached hydrogens (primary N) is 1. The van der Waals surface area contributed by atoms with E-state index < -0.39 is 17.8 Å². The fourth-order valence-electron chi connectivity index (χ4n) is 1.35. The summed E-state index contributed by atoms with van der Waals surface area (Å²) in [7, 11) is 0. The van der Waals surface area contributed by atoms with Crippen molar-refractivity contribution >= 4 is 17.4 Å². The van der Waals surface area contributed by atoms with Crippen LogP contribution in [-0.2, 0) is 0 Å². The average molecular weight is 246 g/mol. The lowest BCUT2D eigenvalue weighted by Crippen LogP contribution is -2.14. The van der Waals surface area contributed by atoms with Crippen molar-refractivity contribution in [3.05, 3.63) is 35.9 Å². The van der Waals surface area contributed by atoms with Gasteiger partial charge in [-0.3, -0.25) is 4.79 Å². The van der Waals surface area contributed by atoms with Crippen molar-refractivity contribution in [2.75, 3.05) is 11.1 Å². The molecule has 0 saturated carbocycles. The lowest BCUT2D eigenvalue weighted by molar-refractivity contribution is 0.102. The molecule has 0 unspecified atom stereocenters. The van der Waals surface area contributed by atoms with Crippen LogP contribution in [0.4, 0.5) is 11.5 Å². The Balaban J connectivity index is 2.28. The Bertz CT molecular complexity index is 563. The first kappa shape index (κ1) is 11.6. The SMILES string of the molecule is Nc1nc(O)nc(O)c1NC(=O)c1ccccc1. The number of carbonyl (C=O) groups excluding carboxylic acids is 1. The summed E-state index contributed by atoms with van der Waals surface area (Å²) in [4.78, 5) is 18.5. The quantitative estimate of drug-likeness (QED) is 0.619. The van der Waals surface area contributed by atoms with Gasteiger partial charge in [-0.1, -0.05) is 18.2 Å². The molecule has 1 amide bonds. The molecule has 0 spiro atoms. The van der Waals surface area contributed by atoms with Gasteiger partial charge in [0.25, 0.3) is 5.91 Å². The summed E-state index contributed by atoms with van der Waals surface area (Å²) >= 11 is 0. The molecule has 92 valence electrons. The zero-order valence-electron chi connectivity index (χ0n) is 9.16. The summed E-state index contributed by atoms with van der Waals surface area (Å²) in [5.74, 6) is -1.28. The summed E-state index contributed by atoms with van der Waals surface area (Å²) in [5, 5.41) is 20.8. The van der Waals surface area contributed by atoms with Crippen molar-refractivity contribution in [1.29, 1.82) is 0 Å². The summed E-state index contributed by atoms with van der Waals surface area (Å²) in [6.07, 6.45) is 0. The van der Waals surface area contributed by atoms with Crippen molar-refractivity contribution in [2.24, 2.45) is 0 Å². The van der Waals surface area contributed by atoms with Crippen LogP contribution in [0.5, 0.6) is 11.9 Å². The van der Waals surface area contributed by atoms with Crippen LogP contribution >= 0.6 is 0 Å². The van der Waals surface area contributed by atoms with Crippen LogP contribution in [0.1, 0.15) is 10.4 Å². The highest BCUT2D eigenvalue weighted by Crippen LogP contribution is 2.28. The maximum Gasteiger partial charge on any atom is 0.319 e. The number of hydrogen-bond donors (Lipinski definition) is 4. The topological polar surface area (TPSA) is 121 Å². The van der Waals surface area contributed by atoms with Crippen molar-refractivity contribution in [3.63, 3.8) is 0 Å². The normalized spacial score (nSPS) is 10.0. The summed E-state index contributed by atoms with van der Waals surface area (Å²) in [5.41, 5.74) is 5.72. The van der Waals surface area contributed by atoms with Gasteiger partial charge in [0, 0.05) is 5.56 Å². The highest BCUT2D eigenvalue weighted by Gasteiger charge is 2.15. The lowest BCUT2D eigenvalue weighted by Gasteiger charge is -2.08. The molecule has 0 aliphatic rings. The van der Waals surface area contributed by atoms with Crippen LogP contribution in [0.2, 0.25) is 0 Å². The van der Waals surface area contributed by atoms with Gasteiger partial charge in [-0.05, 0) is 12.1 Å². The van der Waals surface area contributed by atoms with E-state index in [2.05, 4.69) is 15.3 Å². The molecule has 5 N–H and O–H groups in total. The van der Waals surface area contributed by atoms with E-state index in [4.69, 9.17) is 10.8 Å². The summed E-state index contributed by atoms with van der Waals surface area (Å²) in [6, 6.07) is 7.71. The molecule has 0 aliphatic heterocycles. The van der Waals surface area contributed by atoms with E-state index in [0.29, 0.717) is 5.56 Å². The van der Waals surface area contributed by atoms with Gasteiger partial charge in [-0.15, -0.1) is 0 Å². The minimum atomic E-state index is -0.664. The highest BCUT2D eigenvalue weighted by atomic mass is 16.3. The van der Waals surface area contributed by atoms with E-state index in [-0.39, 0.29) is 11.5 Å². The molecule has 0 radical (unpaired) electrons. The zero-order valence-corrected chi connectivity index (χ0v) is 9.16. The minimum absolute atomic E-state index is 0.137. The lowest BCUT2D eigenvalue weighted by atomic mass is 10.2. The molecule has 0 fully saturated rings. The first-order chi connectivity index (χ1) is 8.58. The zero-order chi connectivity index (χ0) is 13.1. The number of benzene rings is 1. The molecule has 0 atom stereocenters. The number of aromatic hydroxyl groups is 2. The van der Waals surface area contributed by atoms with E-state index in [1.807, 2.05) is 0 Å². The van der Waals surface area contributed by atoms with Gasteiger partial charge in [0.05, 0.1) is 0 Å². The van der Waals surface area contributed by atoms with Crippen LogP contribution in [0.3, 0.4) is 0 Å². The maximum absolute atomic E-state index is 11.8. The van der Waals surface area contributed by atoms with Gasteiger partial charge in [0.2, 0.25) is 5.88 Å². The Hall–Kier alpha value is -2.83. The smallest absolute Gasteiger partial charge is 0.319 e. The third kappa shape index (κ3) is 2.29. The van der Waals surface area contributed by atoms with Gasteiger partial charge in [0.1, 0.15) is 5.69 Å². The molecule has 18 heavy (non-hydrogen) atoms. The van der Waals surface area contributed by atoms with Gasteiger partial charge in [-0.2, -0.15) is 9.97 Å². The van der Waals surface area contributed by atoms with Crippen LogP contribution in [-0.4, -0.2) is 26.1 Å². The van der Waals surface area contributed by atoms with E-state index >= 15 is 0 Å². The third-order valence-corrected chi connectivity index (χ3v) is 2.18. The number of anilines is 2. The molecule has 1 aromatic carbocycles. The molecule has 1 aromatic heterocycles. The predicted octanol–water partition coefficient (Wildman–Crippen LogP) is 0.722. The average Bonchev–Trinajstić information content (AvgIpc) is 2.34. The van der Waals surface area contributed by atoms with Gasteiger partial charge in [0.15, 0.2) is 5.82 Å². The Morgan fingerprint density at radius 1 is 1.17 bits per heavy atom. The Kier molecular flexibility index (Phi) is 2.96. The highest BCUT2D eigenvalue weighted by molar-refractivity contribution is 6.06. The van der Waals surface area contributed by atoms with Crippen molar-refractivity contribution in [1.82, 2.24) is 9.97 Å². The molecule has 0 aliphatic carbocycles. The molecule has 2 rings (SSSR count). The fourth-order valence-corrected chi connectivity index (χ4v) is 1.35. The molecule has 0 saturated heterocycles. The molecular formula is C11H10N4O3. The second-order valence-electron chi connectivity index (χ2n) is 3.43. The molecule has 1 heterocycles. The minimum Gasteiger partial charge on any atom is -0.492 e. The number of nitrogens with zero attached hydrogens (tertiary/aromatic N) is 2. The maximum atomic E-state index is 11.8. The van der Waals surface area contributed by atoms with Crippen LogP contribution < -0.4 is 11.1 Å². The summed E-state index contributed by atoms with van der Waals surface area (Å²) < 4.78 is 0. The molecular weight excluding hydrogens is 236 g/mol. The second-order valence-corrected chi connectivity index (χ2v) is 3.43. The number of aromatic nitrogens is 2. The number of rotatable bonds is 2. The molecule has 7 nitrogen and oxygen atoms in total. The van der Waals surface area contributed by atoms with Gasteiger partial charge < -0.3 is 21.3 Å². The molecule has 7 heteroatoms. The Morgan fingerprint density at radius 3 is 2.44 bits per heavy atom. The number of nitrogen functional groups attached to an aromatic ring is 1. The largest absolute Gasteiger partial charge is 0.492 e. The first-order valence-electron chi connectivity index (χ1n) is 5.00. The fraction of sp³-hybridized carbons (Fsp3) is 0. The second kappa shape index (κ2) is 4.58. The number of amides is 1. The number of hydrogen-bond acceptors (Lipinski definition) is 6. The number of nitrogens with one attached hydrogen (secondary N) is 1. The van der Waals surface area contributed by atoms with Crippen molar-refractivity contribution in [2.45, 2.75) is 0 Å². The first-order valence-corrected chi connectivity index (χ1v) is 5.00. The Labute approximate surface area is 102 Å². The van der Waals surface area contributed by atoms with Gasteiger partial charge in [-0.25, -0.2) is 0 Å². The monoisotopic (exact) mass is 246 g/mol. The predicted molar refractivity (Wildman–Crippen MR) is 64.2 cm³/mol. The van der Waals surface area contributed by atoms with Crippen LogP contribution in [0, 0.1) is 0 Å². The van der Waals surface area contributed by atoms with E-state index in [0.717, 1.165) is 0 Å². The van der Waals surface area contributed by atoms with Crippen molar-refractivity contribution in [3.8, 4) is 11.9 Å². The molecule has 0 bridgehead atoms. The van der Waals surface area contributed by atoms with Crippen molar-refractivity contribution < 1.29 is 15.0 Å². The van der Waals surface area contributed by atoms with Gasteiger partial charge >= 0.3 is 6.01 Å². The summed E-state index contributed by atoms with van der Waals surface area (Å²) in [6.45, 7) is 0. The standard InChI is InChI=1S/C11H10N4O3/c12-8-7(10(17)15-11(18)14-8)13-9(16)6-4-2-1-3-5-6/h1-5H,(H,13,16)(H4,12,14,15,17,18). The van der Waals surface area contributed by atoms with Crippen LogP contribution in [0.15, 0.2) is 30.3 Å². The van der Waals surface area contributed by atoms with E-state index in [1.165, 1.54) is 0 Å². The van der Waals surface area contributed by atoms with E-state index in [9.17, 15) is 9.90 Å². The molecule has 2 aromatic rings. The number of carbonyl (C=O) groups is 1. The third-order valence-electron chi connectivity index (χ3n) is 2.18. The van der Waals surface area contributed by atoms with Crippen LogP contribution in [0.25, 0.3) is 0 Å².